The zero-order chi connectivity index (χ0) is 43.2. The number of phenolic OH excluding ortho intramolecular Hbond substituents is 1. The summed E-state index contributed by atoms with van der Waals surface area (Å²) in [5.41, 5.74) is -0.212. The van der Waals surface area contributed by atoms with Crippen LogP contribution in [0.25, 0.3) is 0 Å². The fourth-order valence-corrected chi connectivity index (χ4v) is 20.4. The van der Waals surface area contributed by atoms with E-state index in [1.54, 1.807) is 0 Å². The van der Waals surface area contributed by atoms with Crippen LogP contribution in [0.2, 0.25) is 0 Å². The molecule has 308 valence electrons. The zero-order valence-corrected chi connectivity index (χ0v) is 36.1. The SMILES string of the molecule is O=C(OP(c1ccccc1)(c1ccccc1)(c1ccccc1)c1ccccc1)c1ccc(O)cc1C(=O)OP(c1ccccc1)(c1ccccc1)(c1ccccc1)c1ccccc1. The summed E-state index contributed by atoms with van der Waals surface area (Å²) >= 11 is 0. The molecule has 9 aromatic carbocycles. The van der Waals surface area contributed by atoms with E-state index in [2.05, 4.69) is 0 Å². The van der Waals surface area contributed by atoms with Gasteiger partial charge >= 0.3 is 370 Å². The fraction of sp³-hybridized carbons (Fsp3) is 0. The van der Waals surface area contributed by atoms with Crippen molar-refractivity contribution in [3.63, 3.8) is 0 Å². The minimum atomic E-state index is -4.57. The number of phenols is 1. The fourth-order valence-electron chi connectivity index (χ4n) is 9.22. The third-order valence-electron chi connectivity index (χ3n) is 12.0. The summed E-state index contributed by atoms with van der Waals surface area (Å²) in [4.78, 5) is 31.7. The van der Waals surface area contributed by atoms with E-state index in [1.807, 2.05) is 243 Å². The van der Waals surface area contributed by atoms with Gasteiger partial charge in [-0.15, -0.1) is 0 Å². The van der Waals surface area contributed by atoms with Gasteiger partial charge in [-0.25, -0.2) is 0 Å². The van der Waals surface area contributed by atoms with Gasteiger partial charge in [-0.3, -0.25) is 0 Å². The Balaban J connectivity index is 1.33. The Morgan fingerprint density at radius 1 is 0.286 bits per heavy atom. The van der Waals surface area contributed by atoms with Gasteiger partial charge in [0.15, 0.2) is 0 Å². The molecular weight excluding hydrogens is 815 g/mol. The van der Waals surface area contributed by atoms with Crippen LogP contribution in [0.15, 0.2) is 261 Å². The zero-order valence-electron chi connectivity index (χ0n) is 34.3. The Kier molecular flexibility index (Phi) is 10.9. The molecule has 1 N–H and O–H groups in total. The Bertz CT molecular complexity index is 2650. The summed E-state index contributed by atoms with van der Waals surface area (Å²) in [6, 6.07) is 82.9. The number of aromatic hydroxyl groups is 1. The van der Waals surface area contributed by atoms with E-state index in [0.29, 0.717) is 0 Å². The maximum atomic E-state index is 15.9. The molecule has 0 heterocycles. The third kappa shape index (κ3) is 6.40. The standard InChI is InChI=1S/C56H44O5P2/c57-44-41-42-53(55(58)60-62(45-25-9-1-10-26-45,46-27-11-2-12-28-46,47-29-13-3-14-30-47)48-31-15-4-16-32-48)54(43-44)56(59)61-63(49-33-17-5-18-34-49,50-35-19-6-20-36-50,51-37-21-7-22-38-51)52-39-23-8-24-40-52/h1-43,57H. The molecule has 0 saturated carbocycles. The molecule has 0 aromatic heterocycles. The van der Waals surface area contributed by atoms with Gasteiger partial charge in [-0.1, -0.05) is 0 Å². The van der Waals surface area contributed by atoms with E-state index < -0.39 is 25.6 Å². The van der Waals surface area contributed by atoms with Crippen molar-refractivity contribution in [2.24, 2.45) is 0 Å². The Labute approximate surface area is 367 Å². The van der Waals surface area contributed by atoms with Crippen molar-refractivity contribution in [3.8, 4) is 5.75 Å². The predicted octanol–water partition coefficient (Wildman–Crippen LogP) is 9.25. The summed E-state index contributed by atoms with van der Waals surface area (Å²) in [6.07, 6.45) is 0. The number of carbonyl (C=O) groups excluding carboxylic acids is 2. The van der Waals surface area contributed by atoms with Crippen LogP contribution in [0.5, 0.6) is 5.75 Å². The number of benzene rings is 9. The maximum absolute atomic E-state index is 15.9. The van der Waals surface area contributed by atoms with Crippen molar-refractivity contribution in [2.75, 3.05) is 0 Å². The quantitative estimate of drug-likeness (QED) is 0.124. The molecule has 0 aliphatic heterocycles. The van der Waals surface area contributed by atoms with Gasteiger partial charge in [-0.05, 0) is 0 Å². The molecule has 9 aromatic rings. The van der Waals surface area contributed by atoms with Crippen LogP contribution in [0.3, 0.4) is 0 Å². The second-order valence-corrected chi connectivity index (χ2v) is 23.9. The second-order valence-electron chi connectivity index (χ2n) is 15.2. The molecule has 5 nitrogen and oxygen atoms in total. The normalized spacial score (nSPS) is 12.7. The summed E-state index contributed by atoms with van der Waals surface area (Å²) in [5, 5.41) is 17.5. The van der Waals surface area contributed by atoms with Gasteiger partial charge < -0.3 is 0 Å². The van der Waals surface area contributed by atoms with Crippen molar-refractivity contribution >= 4 is 68.0 Å². The molecule has 0 fully saturated rings. The molecule has 0 bridgehead atoms. The molecule has 0 aliphatic carbocycles. The van der Waals surface area contributed by atoms with E-state index in [0.717, 1.165) is 42.4 Å². The van der Waals surface area contributed by atoms with Crippen molar-refractivity contribution < 1.29 is 23.7 Å². The molecule has 9 rings (SSSR count). The Morgan fingerprint density at radius 2 is 0.492 bits per heavy atom. The van der Waals surface area contributed by atoms with Crippen LogP contribution in [-0.2, 0) is 9.05 Å². The van der Waals surface area contributed by atoms with Gasteiger partial charge in [0.25, 0.3) is 0 Å². The Morgan fingerprint density at radius 3 is 0.714 bits per heavy atom. The number of rotatable bonds is 12. The van der Waals surface area contributed by atoms with Crippen LogP contribution in [0.4, 0.5) is 0 Å². The molecule has 63 heavy (non-hydrogen) atoms. The molecule has 0 atom stereocenters. The van der Waals surface area contributed by atoms with Gasteiger partial charge in [0, 0.05) is 0 Å². The van der Waals surface area contributed by atoms with E-state index >= 15 is 9.59 Å². The van der Waals surface area contributed by atoms with Crippen LogP contribution in [-0.4, -0.2) is 17.0 Å². The number of hydrogen-bond acceptors (Lipinski definition) is 5. The van der Waals surface area contributed by atoms with Crippen LogP contribution < -0.4 is 42.4 Å². The topological polar surface area (TPSA) is 72.8 Å². The first-order valence-electron chi connectivity index (χ1n) is 20.7. The van der Waals surface area contributed by atoms with Gasteiger partial charge in [-0.2, -0.15) is 0 Å². The summed E-state index contributed by atoms with van der Waals surface area (Å²) < 4.78 is 15.0. The molecule has 0 unspecified atom stereocenters. The summed E-state index contributed by atoms with van der Waals surface area (Å²) in [6.45, 7) is -9.11. The van der Waals surface area contributed by atoms with E-state index in [1.165, 1.54) is 18.2 Å². The van der Waals surface area contributed by atoms with Crippen LogP contribution >= 0.6 is 13.7 Å². The van der Waals surface area contributed by atoms with Gasteiger partial charge in [0.1, 0.15) is 0 Å². The molecule has 0 amide bonds. The first-order chi connectivity index (χ1) is 30.9. The average Bonchev–Trinajstić information content (AvgIpc) is 3.37. The first kappa shape index (κ1) is 41.0. The molecule has 7 heteroatoms. The summed E-state index contributed by atoms with van der Waals surface area (Å²) in [7, 11) is 0. The van der Waals surface area contributed by atoms with Crippen LogP contribution in [0.1, 0.15) is 20.7 Å². The molecule has 0 radical (unpaired) electrons. The molecule has 0 spiro atoms. The van der Waals surface area contributed by atoms with E-state index in [4.69, 9.17) is 9.05 Å². The van der Waals surface area contributed by atoms with Crippen LogP contribution in [0, 0.1) is 0 Å². The second kappa shape index (κ2) is 16.8. The first-order valence-corrected chi connectivity index (χ1v) is 25.0. The monoisotopic (exact) mass is 858 g/mol. The average molecular weight is 859 g/mol. The van der Waals surface area contributed by atoms with Crippen molar-refractivity contribution in [2.45, 2.75) is 0 Å². The number of carbonyl (C=O) groups is 2. The minimum absolute atomic E-state index is 0.0654. The molecule has 0 aliphatic rings. The van der Waals surface area contributed by atoms with Crippen molar-refractivity contribution in [1.82, 2.24) is 0 Å². The van der Waals surface area contributed by atoms with Crippen molar-refractivity contribution in [3.05, 3.63) is 272 Å². The van der Waals surface area contributed by atoms with Crippen molar-refractivity contribution in [1.29, 1.82) is 0 Å². The Hall–Kier alpha value is -7.42. The summed E-state index contributed by atoms with van der Waals surface area (Å²) in [5.74, 6) is -1.79. The molecule has 0 saturated heterocycles. The molecular formula is C56H44O5P2. The van der Waals surface area contributed by atoms with E-state index in [-0.39, 0.29) is 16.9 Å². The number of hydrogen-bond donors (Lipinski definition) is 1. The van der Waals surface area contributed by atoms with Gasteiger partial charge in [0.2, 0.25) is 0 Å². The third-order valence-corrected chi connectivity index (χ3v) is 23.3. The van der Waals surface area contributed by atoms with Gasteiger partial charge in [0.05, 0.1) is 0 Å². The predicted molar refractivity (Wildman–Crippen MR) is 261 cm³/mol. The van der Waals surface area contributed by atoms with E-state index in [9.17, 15) is 5.11 Å².